The van der Waals surface area contributed by atoms with Crippen molar-refractivity contribution in [2.24, 2.45) is 0 Å². The minimum absolute atomic E-state index is 0.103. The number of halogens is 2. The van der Waals surface area contributed by atoms with Gasteiger partial charge < -0.3 is 10.1 Å². The Labute approximate surface area is 127 Å². The van der Waals surface area contributed by atoms with Crippen molar-refractivity contribution in [1.82, 2.24) is 10.3 Å². The van der Waals surface area contributed by atoms with Crippen LogP contribution in [0.4, 0.5) is 8.78 Å². The SMILES string of the molecule is CCc1cnc(CNC(C)c2ccccc2OC(F)F)s1. The fraction of sp³-hybridized carbons (Fsp3) is 0.400. The molecule has 0 bridgehead atoms. The predicted molar refractivity (Wildman–Crippen MR) is 79.8 cm³/mol. The molecule has 1 aromatic heterocycles. The lowest BCUT2D eigenvalue weighted by Gasteiger charge is -2.17. The molecule has 6 heteroatoms. The number of nitrogens with zero attached hydrogens (tertiary/aromatic N) is 1. The number of para-hydroxylation sites is 1. The summed E-state index contributed by atoms with van der Waals surface area (Å²) in [7, 11) is 0. The molecule has 1 heterocycles. The number of aryl methyl sites for hydroxylation is 1. The molecule has 0 radical (unpaired) electrons. The Bertz CT molecular complexity index is 574. The van der Waals surface area contributed by atoms with Crippen molar-refractivity contribution < 1.29 is 13.5 Å². The quantitative estimate of drug-likeness (QED) is 0.833. The molecule has 0 aliphatic carbocycles. The summed E-state index contributed by atoms with van der Waals surface area (Å²) in [6.45, 7) is 1.80. The molecule has 0 aliphatic heterocycles. The van der Waals surface area contributed by atoms with Crippen LogP contribution >= 0.6 is 11.3 Å². The van der Waals surface area contributed by atoms with E-state index in [0.717, 1.165) is 11.4 Å². The Balaban J connectivity index is 2.01. The van der Waals surface area contributed by atoms with Crippen molar-refractivity contribution in [3.8, 4) is 5.75 Å². The third-order valence-electron chi connectivity index (χ3n) is 3.11. The maximum Gasteiger partial charge on any atom is 0.387 e. The van der Waals surface area contributed by atoms with E-state index in [0.29, 0.717) is 12.1 Å². The van der Waals surface area contributed by atoms with Crippen molar-refractivity contribution in [3.63, 3.8) is 0 Å². The molecule has 0 saturated carbocycles. The molecular weight excluding hydrogens is 294 g/mol. The monoisotopic (exact) mass is 312 g/mol. The molecule has 1 N–H and O–H groups in total. The van der Waals surface area contributed by atoms with Crippen LogP contribution in [0.5, 0.6) is 5.75 Å². The molecule has 1 aromatic carbocycles. The third kappa shape index (κ3) is 4.47. The molecule has 2 rings (SSSR count). The van der Waals surface area contributed by atoms with Gasteiger partial charge in [0.15, 0.2) is 0 Å². The Morgan fingerprint density at radius 2 is 2.10 bits per heavy atom. The predicted octanol–water partition coefficient (Wildman–Crippen LogP) is 4.16. The highest BCUT2D eigenvalue weighted by Gasteiger charge is 2.14. The fourth-order valence-electron chi connectivity index (χ4n) is 1.99. The average molecular weight is 312 g/mol. The summed E-state index contributed by atoms with van der Waals surface area (Å²) in [4.78, 5) is 5.57. The van der Waals surface area contributed by atoms with Crippen molar-refractivity contribution in [2.75, 3.05) is 0 Å². The van der Waals surface area contributed by atoms with Crippen LogP contribution in [0.1, 0.15) is 35.3 Å². The summed E-state index contributed by atoms with van der Waals surface area (Å²) >= 11 is 1.66. The number of nitrogens with one attached hydrogen (secondary N) is 1. The lowest BCUT2D eigenvalue weighted by atomic mass is 10.1. The van der Waals surface area contributed by atoms with Crippen LogP contribution in [-0.2, 0) is 13.0 Å². The molecule has 0 amide bonds. The van der Waals surface area contributed by atoms with Gasteiger partial charge in [-0.3, -0.25) is 0 Å². The minimum Gasteiger partial charge on any atom is -0.434 e. The molecular formula is C15H18F2N2OS. The molecule has 1 atom stereocenters. The first kappa shape index (κ1) is 15.9. The van der Waals surface area contributed by atoms with E-state index in [1.807, 2.05) is 19.2 Å². The Kier molecular flexibility index (Phi) is 5.64. The molecule has 1 unspecified atom stereocenters. The zero-order chi connectivity index (χ0) is 15.2. The van der Waals surface area contributed by atoms with Crippen molar-refractivity contribution in [2.45, 2.75) is 39.5 Å². The van der Waals surface area contributed by atoms with Gasteiger partial charge in [0, 0.05) is 29.2 Å². The van der Waals surface area contributed by atoms with E-state index in [-0.39, 0.29) is 11.8 Å². The maximum absolute atomic E-state index is 12.4. The number of hydrogen-bond acceptors (Lipinski definition) is 4. The van der Waals surface area contributed by atoms with Gasteiger partial charge in [-0.2, -0.15) is 8.78 Å². The summed E-state index contributed by atoms with van der Waals surface area (Å²) < 4.78 is 29.4. The summed E-state index contributed by atoms with van der Waals surface area (Å²) in [6.07, 6.45) is 2.85. The van der Waals surface area contributed by atoms with E-state index in [1.54, 1.807) is 29.5 Å². The Morgan fingerprint density at radius 3 is 2.76 bits per heavy atom. The molecule has 3 nitrogen and oxygen atoms in total. The number of rotatable bonds is 7. The van der Waals surface area contributed by atoms with E-state index in [2.05, 4.69) is 22.0 Å². The standard InChI is InChI=1S/C15H18F2N2OS/c1-3-11-8-19-14(21-11)9-18-10(2)12-6-4-5-7-13(12)20-15(16)17/h4-8,10,15,18H,3,9H2,1-2H3. The first-order valence-electron chi connectivity index (χ1n) is 6.80. The van der Waals surface area contributed by atoms with E-state index in [1.165, 1.54) is 4.88 Å². The van der Waals surface area contributed by atoms with E-state index in [9.17, 15) is 8.78 Å². The van der Waals surface area contributed by atoms with Gasteiger partial charge in [-0.05, 0) is 19.4 Å². The second-order valence-corrected chi connectivity index (χ2v) is 5.79. The summed E-state index contributed by atoms with van der Waals surface area (Å²) in [5.74, 6) is 0.209. The van der Waals surface area contributed by atoms with E-state index in [4.69, 9.17) is 0 Å². The summed E-state index contributed by atoms with van der Waals surface area (Å²) in [5.41, 5.74) is 0.713. The molecule has 0 saturated heterocycles. The average Bonchev–Trinajstić information content (AvgIpc) is 2.93. The summed E-state index contributed by atoms with van der Waals surface area (Å²) in [6, 6.07) is 6.73. The number of ether oxygens (including phenoxy) is 1. The van der Waals surface area contributed by atoms with Crippen LogP contribution in [0.3, 0.4) is 0 Å². The van der Waals surface area contributed by atoms with Gasteiger partial charge in [0.05, 0.1) is 0 Å². The number of aromatic nitrogens is 1. The van der Waals surface area contributed by atoms with Crippen molar-refractivity contribution in [3.05, 3.63) is 45.9 Å². The topological polar surface area (TPSA) is 34.2 Å². The van der Waals surface area contributed by atoms with Crippen molar-refractivity contribution in [1.29, 1.82) is 0 Å². The second-order valence-electron chi connectivity index (χ2n) is 4.59. The largest absolute Gasteiger partial charge is 0.434 e. The number of thiazole rings is 1. The van der Waals surface area contributed by atoms with Gasteiger partial charge >= 0.3 is 6.61 Å². The van der Waals surface area contributed by atoms with E-state index < -0.39 is 6.61 Å². The van der Waals surface area contributed by atoms with Gasteiger partial charge in [0.2, 0.25) is 0 Å². The zero-order valence-electron chi connectivity index (χ0n) is 12.0. The number of alkyl halides is 2. The van der Waals surface area contributed by atoms with E-state index >= 15 is 0 Å². The Morgan fingerprint density at radius 1 is 1.33 bits per heavy atom. The van der Waals surface area contributed by atoms with Crippen LogP contribution in [0.25, 0.3) is 0 Å². The smallest absolute Gasteiger partial charge is 0.387 e. The van der Waals surface area contributed by atoms with Gasteiger partial charge in [0.25, 0.3) is 0 Å². The molecule has 0 aliphatic rings. The lowest BCUT2D eigenvalue weighted by Crippen LogP contribution is -2.19. The molecule has 114 valence electrons. The molecule has 0 fully saturated rings. The van der Waals surface area contributed by atoms with Gasteiger partial charge in [-0.1, -0.05) is 25.1 Å². The van der Waals surface area contributed by atoms with Crippen molar-refractivity contribution >= 4 is 11.3 Å². The number of hydrogen-bond donors (Lipinski definition) is 1. The van der Waals surface area contributed by atoms with Gasteiger partial charge in [-0.15, -0.1) is 11.3 Å². The van der Waals surface area contributed by atoms with Gasteiger partial charge in [-0.25, -0.2) is 4.98 Å². The highest BCUT2D eigenvalue weighted by molar-refractivity contribution is 7.11. The second kappa shape index (κ2) is 7.47. The van der Waals surface area contributed by atoms with Crippen LogP contribution in [-0.4, -0.2) is 11.6 Å². The zero-order valence-corrected chi connectivity index (χ0v) is 12.8. The molecule has 0 spiro atoms. The third-order valence-corrected chi connectivity index (χ3v) is 4.25. The normalized spacial score (nSPS) is 12.6. The van der Waals surface area contributed by atoms with Gasteiger partial charge in [0.1, 0.15) is 10.8 Å². The lowest BCUT2D eigenvalue weighted by molar-refractivity contribution is -0.0506. The fourth-order valence-corrected chi connectivity index (χ4v) is 2.80. The molecule has 2 aromatic rings. The van der Waals surface area contributed by atoms with Crippen LogP contribution in [0, 0.1) is 0 Å². The summed E-state index contributed by atoms with van der Waals surface area (Å²) in [5, 5.41) is 4.28. The van der Waals surface area contributed by atoms with Crippen LogP contribution < -0.4 is 10.1 Å². The first-order chi connectivity index (χ1) is 10.1. The molecule has 21 heavy (non-hydrogen) atoms. The highest BCUT2D eigenvalue weighted by Crippen LogP contribution is 2.26. The number of benzene rings is 1. The first-order valence-corrected chi connectivity index (χ1v) is 7.62. The van der Waals surface area contributed by atoms with Crippen LogP contribution in [0.2, 0.25) is 0 Å². The Hall–Kier alpha value is -1.53. The maximum atomic E-state index is 12.4. The highest BCUT2D eigenvalue weighted by atomic mass is 32.1. The van der Waals surface area contributed by atoms with Crippen LogP contribution in [0.15, 0.2) is 30.5 Å². The minimum atomic E-state index is -2.82.